The first-order valence-electron chi connectivity index (χ1n) is 6.27. The maximum Gasteiger partial charge on any atom is 0.137 e. The summed E-state index contributed by atoms with van der Waals surface area (Å²) in [4.78, 5) is 4.68. The van der Waals surface area contributed by atoms with Crippen LogP contribution in [0.2, 0.25) is 5.02 Å². The Morgan fingerprint density at radius 1 is 1.42 bits per heavy atom. The lowest BCUT2D eigenvalue weighted by atomic mass is 10.1. The van der Waals surface area contributed by atoms with E-state index >= 15 is 0 Å². The van der Waals surface area contributed by atoms with Gasteiger partial charge in [0, 0.05) is 18.5 Å². The van der Waals surface area contributed by atoms with E-state index in [2.05, 4.69) is 4.98 Å². The standard InChI is InChI=1S/C14H16ClN3O/c1-18-13(16)12(17-14(18)8-3-4-8)9-5-6-11(19-2)10(15)7-9/h5-8H,3-4,16H2,1-2H3. The van der Waals surface area contributed by atoms with Crippen LogP contribution in [0.5, 0.6) is 5.75 Å². The van der Waals surface area contributed by atoms with Gasteiger partial charge in [-0.3, -0.25) is 0 Å². The summed E-state index contributed by atoms with van der Waals surface area (Å²) in [5, 5.41) is 0.568. The largest absolute Gasteiger partial charge is 0.495 e. The fourth-order valence-corrected chi connectivity index (χ4v) is 2.52. The molecule has 1 saturated carbocycles. The van der Waals surface area contributed by atoms with E-state index in [-0.39, 0.29) is 0 Å². The summed E-state index contributed by atoms with van der Waals surface area (Å²) in [5.41, 5.74) is 7.87. The molecule has 5 heteroatoms. The molecule has 0 amide bonds. The molecule has 19 heavy (non-hydrogen) atoms. The quantitative estimate of drug-likeness (QED) is 0.937. The highest BCUT2D eigenvalue weighted by molar-refractivity contribution is 6.32. The van der Waals surface area contributed by atoms with E-state index in [4.69, 9.17) is 22.1 Å². The smallest absolute Gasteiger partial charge is 0.137 e. The van der Waals surface area contributed by atoms with Crippen molar-refractivity contribution in [3.8, 4) is 17.0 Å². The van der Waals surface area contributed by atoms with Gasteiger partial charge in [0.1, 0.15) is 23.1 Å². The lowest BCUT2D eigenvalue weighted by Gasteiger charge is -2.05. The number of rotatable bonds is 3. The summed E-state index contributed by atoms with van der Waals surface area (Å²) in [5.74, 6) is 2.97. The molecule has 0 bridgehead atoms. The lowest BCUT2D eigenvalue weighted by molar-refractivity contribution is 0.415. The van der Waals surface area contributed by atoms with Crippen molar-refractivity contribution in [3.05, 3.63) is 29.0 Å². The van der Waals surface area contributed by atoms with Crippen LogP contribution >= 0.6 is 11.6 Å². The van der Waals surface area contributed by atoms with Gasteiger partial charge in [-0.1, -0.05) is 11.6 Å². The average molecular weight is 278 g/mol. The molecule has 0 unspecified atom stereocenters. The van der Waals surface area contributed by atoms with E-state index in [1.807, 2.05) is 29.8 Å². The number of halogens is 1. The molecule has 3 rings (SSSR count). The van der Waals surface area contributed by atoms with Gasteiger partial charge in [-0.25, -0.2) is 4.98 Å². The van der Waals surface area contributed by atoms with E-state index in [1.54, 1.807) is 7.11 Å². The summed E-state index contributed by atoms with van der Waals surface area (Å²) in [6.45, 7) is 0. The number of methoxy groups -OCH3 is 1. The molecule has 0 spiro atoms. The summed E-state index contributed by atoms with van der Waals surface area (Å²) in [7, 11) is 3.56. The number of hydrogen-bond acceptors (Lipinski definition) is 3. The zero-order valence-electron chi connectivity index (χ0n) is 11.0. The Balaban J connectivity index is 2.06. The molecule has 1 aromatic heterocycles. The van der Waals surface area contributed by atoms with E-state index in [0.29, 0.717) is 22.5 Å². The molecule has 0 saturated heterocycles. The Bertz CT molecular complexity index is 632. The monoisotopic (exact) mass is 277 g/mol. The van der Waals surface area contributed by atoms with Crippen LogP contribution in [0.1, 0.15) is 24.6 Å². The predicted octanol–water partition coefficient (Wildman–Crippen LogP) is 3.21. The third-order valence-electron chi connectivity index (χ3n) is 3.54. The van der Waals surface area contributed by atoms with E-state index in [9.17, 15) is 0 Å². The second-order valence-electron chi connectivity index (χ2n) is 4.89. The number of ether oxygens (including phenoxy) is 1. The van der Waals surface area contributed by atoms with Gasteiger partial charge < -0.3 is 15.0 Å². The van der Waals surface area contributed by atoms with Gasteiger partial charge >= 0.3 is 0 Å². The fraction of sp³-hybridized carbons (Fsp3) is 0.357. The molecule has 1 aromatic carbocycles. The molecule has 0 aliphatic heterocycles. The van der Waals surface area contributed by atoms with Crippen LogP contribution in [0.25, 0.3) is 11.3 Å². The first kappa shape index (κ1) is 12.4. The molecule has 0 atom stereocenters. The first-order valence-corrected chi connectivity index (χ1v) is 6.65. The van der Waals surface area contributed by atoms with Crippen molar-refractivity contribution in [1.82, 2.24) is 9.55 Å². The van der Waals surface area contributed by atoms with E-state index in [0.717, 1.165) is 17.1 Å². The summed E-state index contributed by atoms with van der Waals surface area (Å²) in [6.07, 6.45) is 2.40. The zero-order valence-corrected chi connectivity index (χ0v) is 11.7. The Labute approximate surface area is 117 Å². The minimum absolute atomic E-state index is 0.565. The second kappa shape index (κ2) is 4.46. The summed E-state index contributed by atoms with van der Waals surface area (Å²) >= 11 is 6.15. The second-order valence-corrected chi connectivity index (χ2v) is 5.29. The number of nitrogens with zero attached hydrogens (tertiary/aromatic N) is 2. The Morgan fingerprint density at radius 2 is 2.16 bits per heavy atom. The Hall–Kier alpha value is -1.68. The van der Waals surface area contributed by atoms with Gasteiger partial charge in [-0.05, 0) is 31.0 Å². The number of anilines is 1. The average Bonchev–Trinajstić information content (AvgIpc) is 3.19. The number of nitrogens with two attached hydrogens (primary N) is 1. The highest BCUT2D eigenvalue weighted by Gasteiger charge is 2.30. The van der Waals surface area contributed by atoms with Crippen LogP contribution in [0, 0.1) is 0 Å². The van der Waals surface area contributed by atoms with E-state index in [1.165, 1.54) is 12.8 Å². The topological polar surface area (TPSA) is 53.1 Å². The van der Waals surface area contributed by atoms with Crippen molar-refractivity contribution in [2.75, 3.05) is 12.8 Å². The number of aromatic nitrogens is 2. The van der Waals surface area contributed by atoms with Crippen LogP contribution in [0.15, 0.2) is 18.2 Å². The molecule has 1 heterocycles. The summed E-state index contributed by atoms with van der Waals surface area (Å²) in [6, 6.07) is 5.61. The van der Waals surface area contributed by atoms with Gasteiger partial charge in [0.25, 0.3) is 0 Å². The number of nitrogen functional groups attached to an aromatic ring is 1. The minimum Gasteiger partial charge on any atom is -0.495 e. The number of imidazole rings is 1. The Kier molecular flexibility index (Phi) is 2.90. The molecule has 4 nitrogen and oxygen atoms in total. The van der Waals surface area contributed by atoms with Crippen molar-refractivity contribution in [3.63, 3.8) is 0 Å². The molecule has 100 valence electrons. The normalized spacial score (nSPS) is 14.7. The maximum absolute atomic E-state index is 6.15. The number of benzene rings is 1. The van der Waals surface area contributed by atoms with Crippen LogP contribution in [0.3, 0.4) is 0 Å². The third-order valence-corrected chi connectivity index (χ3v) is 3.84. The Morgan fingerprint density at radius 3 is 2.74 bits per heavy atom. The van der Waals surface area contributed by atoms with Crippen molar-refractivity contribution < 1.29 is 4.74 Å². The highest BCUT2D eigenvalue weighted by atomic mass is 35.5. The molecule has 1 fully saturated rings. The molecular weight excluding hydrogens is 262 g/mol. The van der Waals surface area contributed by atoms with Crippen LogP contribution in [-0.4, -0.2) is 16.7 Å². The van der Waals surface area contributed by atoms with E-state index < -0.39 is 0 Å². The summed E-state index contributed by atoms with van der Waals surface area (Å²) < 4.78 is 7.13. The molecule has 0 radical (unpaired) electrons. The van der Waals surface area contributed by atoms with Crippen molar-refractivity contribution >= 4 is 17.4 Å². The van der Waals surface area contributed by atoms with Gasteiger partial charge in [-0.15, -0.1) is 0 Å². The van der Waals surface area contributed by atoms with Gasteiger partial charge in [-0.2, -0.15) is 0 Å². The molecule has 2 N–H and O–H groups in total. The highest BCUT2D eigenvalue weighted by Crippen LogP contribution is 2.42. The van der Waals surface area contributed by atoms with Gasteiger partial charge in [0.05, 0.1) is 12.1 Å². The first-order chi connectivity index (χ1) is 9.11. The van der Waals surface area contributed by atoms with Gasteiger partial charge in [0.15, 0.2) is 0 Å². The molecule has 1 aliphatic carbocycles. The van der Waals surface area contributed by atoms with Crippen LogP contribution in [0.4, 0.5) is 5.82 Å². The SMILES string of the molecule is COc1ccc(-c2nc(C3CC3)n(C)c2N)cc1Cl. The van der Waals surface area contributed by atoms with Crippen LogP contribution < -0.4 is 10.5 Å². The van der Waals surface area contributed by atoms with Crippen molar-refractivity contribution in [1.29, 1.82) is 0 Å². The minimum atomic E-state index is 0.565. The van der Waals surface area contributed by atoms with Crippen LogP contribution in [-0.2, 0) is 7.05 Å². The third kappa shape index (κ3) is 2.06. The maximum atomic E-state index is 6.15. The zero-order chi connectivity index (χ0) is 13.6. The predicted molar refractivity (Wildman–Crippen MR) is 76.6 cm³/mol. The van der Waals surface area contributed by atoms with Crippen molar-refractivity contribution in [2.24, 2.45) is 7.05 Å². The fourth-order valence-electron chi connectivity index (χ4n) is 2.26. The van der Waals surface area contributed by atoms with Gasteiger partial charge in [0.2, 0.25) is 0 Å². The number of hydrogen-bond donors (Lipinski definition) is 1. The molecule has 1 aliphatic rings. The van der Waals surface area contributed by atoms with Crippen molar-refractivity contribution in [2.45, 2.75) is 18.8 Å². The molecular formula is C14H16ClN3O. The molecule has 2 aromatic rings. The lowest BCUT2D eigenvalue weighted by Crippen LogP contribution is -2.00.